The first-order valence-corrected chi connectivity index (χ1v) is 8.63. The molecule has 2 aromatic heterocycles. The van der Waals surface area contributed by atoms with Crippen molar-refractivity contribution in [2.75, 3.05) is 23.3 Å². The van der Waals surface area contributed by atoms with Crippen molar-refractivity contribution in [3.05, 3.63) is 40.7 Å². The quantitative estimate of drug-likeness (QED) is 0.878. The maximum Gasteiger partial charge on any atom is 0.128 e. The van der Waals surface area contributed by atoms with Crippen molar-refractivity contribution >= 4 is 22.8 Å². The third-order valence-corrected chi connectivity index (χ3v) is 4.97. The number of thiophene rings is 1. The van der Waals surface area contributed by atoms with Crippen LogP contribution in [0.3, 0.4) is 0 Å². The van der Waals surface area contributed by atoms with E-state index in [0.29, 0.717) is 12.0 Å². The lowest BCUT2D eigenvalue weighted by Crippen LogP contribution is -2.19. The molecular weight excluding hydrogens is 278 g/mol. The number of aromatic nitrogens is 1. The zero-order valence-corrected chi connectivity index (χ0v) is 13.6. The highest BCUT2D eigenvalue weighted by Gasteiger charge is 2.17. The molecule has 2 aromatic rings. The molecular formula is C17H23N3S. The molecule has 1 aliphatic heterocycles. The van der Waals surface area contributed by atoms with Crippen molar-refractivity contribution in [1.82, 2.24) is 4.98 Å². The number of anilines is 2. The van der Waals surface area contributed by atoms with Gasteiger partial charge in [0.25, 0.3) is 0 Å². The van der Waals surface area contributed by atoms with E-state index in [1.807, 2.05) is 17.5 Å². The lowest BCUT2D eigenvalue weighted by Gasteiger charge is -2.23. The number of nitrogens with one attached hydrogen (secondary N) is 1. The lowest BCUT2D eigenvalue weighted by atomic mass is 10.0. The van der Waals surface area contributed by atoms with Crippen LogP contribution in [-0.4, -0.2) is 18.1 Å². The van der Waals surface area contributed by atoms with Crippen LogP contribution in [-0.2, 0) is 0 Å². The molecule has 0 amide bonds. The van der Waals surface area contributed by atoms with Crippen molar-refractivity contribution in [3.63, 3.8) is 0 Å². The zero-order chi connectivity index (χ0) is 14.7. The Morgan fingerprint density at radius 1 is 1.19 bits per heavy atom. The Morgan fingerprint density at radius 3 is 2.57 bits per heavy atom. The van der Waals surface area contributed by atoms with E-state index < -0.39 is 0 Å². The summed E-state index contributed by atoms with van der Waals surface area (Å²) in [5.74, 6) is 1.65. The molecule has 0 saturated carbocycles. The summed E-state index contributed by atoms with van der Waals surface area (Å²) in [7, 11) is 0. The fourth-order valence-corrected chi connectivity index (χ4v) is 3.77. The smallest absolute Gasteiger partial charge is 0.128 e. The van der Waals surface area contributed by atoms with Crippen molar-refractivity contribution < 1.29 is 0 Å². The third kappa shape index (κ3) is 3.38. The molecule has 1 fully saturated rings. The highest BCUT2D eigenvalue weighted by atomic mass is 32.1. The predicted molar refractivity (Wildman–Crippen MR) is 91.2 cm³/mol. The molecule has 3 rings (SSSR count). The van der Waals surface area contributed by atoms with Crippen LogP contribution in [0.1, 0.15) is 37.6 Å². The number of hydrogen-bond donors (Lipinski definition) is 1. The van der Waals surface area contributed by atoms with E-state index in [1.165, 1.54) is 17.7 Å². The maximum atomic E-state index is 4.62. The van der Waals surface area contributed by atoms with Crippen molar-refractivity contribution in [2.45, 2.75) is 32.7 Å². The molecule has 0 spiro atoms. The average Bonchev–Trinajstić information content (AvgIpc) is 3.18. The summed E-state index contributed by atoms with van der Waals surface area (Å²) in [5, 5.41) is 5.77. The minimum absolute atomic E-state index is 0.351. The van der Waals surface area contributed by atoms with Gasteiger partial charge in [0.15, 0.2) is 0 Å². The van der Waals surface area contributed by atoms with E-state index in [9.17, 15) is 0 Å². The molecule has 1 atom stereocenters. The topological polar surface area (TPSA) is 28.2 Å². The second-order valence-corrected chi connectivity index (χ2v) is 6.96. The highest BCUT2D eigenvalue weighted by Crippen LogP contribution is 2.30. The van der Waals surface area contributed by atoms with Crippen molar-refractivity contribution in [3.8, 4) is 0 Å². The number of nitrogens with zero attached hydrogens (tertiary/aromatic N) is 2. The largest absolute Gasteiger partial charge is 0.376 e. The first-order chi connectivity index (χ1) is 10.2. The second-order valence-electron chi connectivity index (χ2n) is 5.98. The highest BCUT2D eigenvalue weighted by molar-refractivity contribution is 7.10. The fourth-order valence-electron chi connectivity index (χ4n) is 2.82. The summed E-state index contributed by atoms with van der Waals surface area (Å²) >= 11 is 1.81. The fraction of sp³-hybridized carbons (Fsp3) is 0.471. The van der Waals surface area contributed by atoms with Gasteiger partial charge in [-0.05, 0) is 42.3 Å². The summed E-state index contributed by atoms with van der Waals surface area (Å²) in [6.45, 7) is 6.79. The van der Waals surface area contributed by atoms with E-state index >= 15 is 0 Å². The Hall–Kier alpha value is -1.55. The van der Waals surface area contributed by atoms with Crippen molar-refractivity contribution in [1.29, 1.82) is 0 Å². The molecule has 3 nitrogen and oxygen atoms in total. The van der Waals surface area contributed by atoms with Crippen LogP contribution in [0.2, 0.25) is 0 Å². The Labute approximate surface area is 131 Å². The molecule has 1 aliphatic rings. The van der Waals surface area contributed by atoms with Crippen molar-refractivity contribution in [2.24, 2.45) is 5.92 Å². The van der Waals surface area contributed by atoms with E-state index in [4.69, 9.17) is 0 Å². The number of hydrogen-bond acceptors (Lipinski definition) is 4. The summed E-state index contributed by atoms with van der Waals surface area (Å²) in [6.07, 6.45) is 4.54. The molecule has 1 saturated heterocycles. The molecule has 0 radical (unpaired) electrons. The third-order valence-electron chi connectivity index (χ3n) is 4.02. The molecule has 3 heterocycles. The molecule has 112 valence electrons. The van der Waals surface area contributed by atoms with Crippen LogP contribution in [0.5, 0.6) is 0 Å². The van der Waals surface area contributed by atoms with Crippen LogP contribution in [0.4, 0.5) is 11.5 Å². The number of pyridine rings is 1. The van der Waals surface area contributed by atoms with Crippen LogP contribution < -0.4 is 10.2 Å². The van der Waals surface area contributed by atoms with E-state index in [-0.39, 0.29) is 0 Å². The van der Waals surface area contributed by atoms with E-state index in [1.54, 1.807) is 0 Å². The summed E-state index contributed by atoms with van der Waals surface area (Å²) in [6, 6.07) is 8.97. The molecule has 1 N–H and O–H groups in total. The van der Waals surface area contributed by atoms with Gasteiger partial charge in [0.1, 0.15) is 5.82 Å². The van der Waals surface area contributed by atoms with Gasteiger partial charge in [0, 0.05) is 18.0 Å². The van der Waals surface area contributed by atoms with Crippen LogP contribution in [0, 0.1) is 5.92 Å². The molecule has 21 heavy (non-hydrogen) atoms. The van der Waals surface area contributed by atoms with Gasteiger partial charge in [-0.2, -0.15) is 0 Å². The summed E-state index contributed by atoms with van der Waals surface area (Å²) < 4.78 is 0. The van der Waals surface area contributed by atoms with E-state index in [0.717, 1.165) is 24.6 Å². The summed E-state index contributed by atoms with van der Waals surface area (Å²) in [5.41, 5.74) is 1.10. The molecule has 0 aliphatic carbocycles. The van der Waals surface area contributed by atoms with Crippen LogP contribution in [0.15, 0.2) is 35.8 Å². The average molecular weight is 301 g/mol. The van der Waals surface area contributed by atoms with Crippen LogP contribution >= 0.6 is 11.3 Å². The monoisotopic (exact) mass is 301 g/mol. The standard InChI is InChI=1S/C17H23N3S/c1-13(2)17(15-6-5-11-21-15)19-14-7-8-16(18-12-14)20-9-3-4-10-20/h5-8,11-13,17,19H,3-4,9-10H2,1-2H3. The van der Waals surface area contributed by atoms with E-state index in [2.05, 4.69) is 58.7 Å². The minimum atomic E-state index is 0.351. The molecule has 4 heteroatoms. The van der Waals surface area contributed by atoms with Gasteiger partial charge in [-0.25, -0.2) is 4.98 Å². The Morgan fingerprint density at radius 2 is 2.00 bits per heavy atom. The first kappa shape index (κ1) is 14.4. The normalized spacial score (nSPS) is 16.4. The van der Waals surface area contributed by atoms with Gasteiger partial charge in [-0.15, -0.1) is 11.3 Å². The van der Waals surface area contributed by atoms with Gasteiger partial charge in [0.2, 0.25) is 0 Å². The predicted octanol–water partition coefficient (Wildman–Crippen LogP) is 4.55. The molecule has 0 aromatic carbocycles. The lowest BCUT2D eigenvalue weighted by molar-refractivity contribution is 0.553. The maximum absolute atomic E-state index is 4.62. The molecule has 1 unspecified atom stereocenters. The van der Waals surface area contributed by atoms with Gasteiger partial charge < -0.3 is 10.2 Å². The second kappa shape index (κ2) is 6.48. The summed E-state index contributed by atoms with van der Waals surface area (Å²) in [4.78, 5) is 8.37. The minimum Gasteiger partial charge on any atom is -0.376 e. The first-order valence-electron chi connectivity index (χ1n) is 7.75. The number of rotatable bonds is 5. The zero-order valence-electron chi connectivity index (χ0n) is 12.7. The Balaban J connectivity index is 1.71. The Kier molecular flexibility index (Phi) is 4.44. The molecule has 0 bridgehead atoms. The van der Waals surface area contributed by atoms with Gasteiger partial charge >= 0.3 is 0 Å². The SMILES string of the molecule is CC(C)C(Nc1ccc(N2CCCC2)nc1)c1cccs1. The van der Waals surface area contributed by atoms with Crippen LogP contribution in [0.25, 0.3) is 0 Å². The van der Waals surface area contributed by atoms with Gasteiger partial charge in [-0.1, -0.05) is 19.9 Å². The van der Waals surface area contributed by atoms with Gasteiger partial charge in [0.05, 0.1) is 17.9 Å². The Bertz CT molecular complexity index is 542. The van der Waals surface area contributed by atoms with Gasteiger partial charge in [-0.3, -0.25) is 0 Å².